The topological polar surface area (TPSA) is 59.0 Å². The van der Waals surface area contributed by atoms with Gasteiger partial charge in [-0.2, -0.15) is 5.26 Å². The first kappa shape index (κ1) is 13.2. The van der Waals surface area contributed by atoms with Crippen LogP contribution in [0.3, 0.4) is 0 Å². The van der Waals surface area contributed by atoms with Gasteiger partial charge in [0.15, 0.2) is 0 Å². The molecule has 0 saturated heterocycles. The molecule has 0 aliphatic rings. The van der Waals surface area contributed by atoms with E-state index in [1.807, 2.05) is 32.0 Å². The summed E-state index contributed by atoms with van der Waals surface area (Å²) in [5.74, 6) is 1.71. The quantitative estimate of drug-likeness (QED) is 0.771. The van der Waals surface area contributed by atoms with Gasteiger partial charge in [-0.05, 0) is 44.0 Å². The van der Waals surface area contributed by atoms with Crippen LogP contribution in [-0.4, -0.2) is 11.8 Å². The minimum atomic E-state index is 0.618. The molecule has 2 rings (SSSR count). The van der Waals surface area contributed by atoms with Gasteiger partial charge in [0.1, 0.15) is 11.5 Å². The molecule has 1 aromatic carbocycles. The lowest BCUT2D eigenvalue weighted by atomic mass is 10.1. The van der Waals surface area contributed by atoms with Crippen LogP contribution in [0, 0.1) is 25.2 Å². The maximum Gasteiger partial charge on any atom is 0.137 e. The average Bonchev–Trinajstić information content (AvgIpc) is 2.82. The van der Waals surface area contributed by atoms with E-state index in [-0.39, 0.29) is 0 Å². The lowest BCUT2D eigenvalue weighted by Crippen LogP contribution is -2.00. The molecule has 0 unspecified atom stereocenters. The Balaban J connectivity index is 1.81. The van der Waals surface area contributed by atoms with E-state index in [0.29, 0.717) is 12.2 Å². The minimum absolute atomic E-state index is 0.618. The predicted molar refractivity (Wildman–Crippen MR) is 71.0 cm³/mol. The van der Waals surface area contributed by atoms with Crippen LogP contribution in [-0.2, 0) is 6.42 Å². The van der Waals surface area contributed by atoms with Gasteiger partial charge in [-0.1, -0.05) is 5.16 Å². The Hall–Kier alpha value is -2.28. The van der Waals surface area contributed by atoms with E-state index >= 15 is 0 Å². The third-order valence-electron chi connectivity index (χ3n) is 2.81. The van der Waals surface area contributed by atoms with Gasteiger partial charge in [-0.25, -0.2) is 0 Å². The number of aromatic nitrogens is 1. The second kappa shape index (κ2) is 6.05. The number of nitrogens with zero attached hydrogens (tertiary/aromatic N) is 2. The van der Waals surface area contributed by atoms with Crippen LogP contribution < -0.4 is 4.74 Å². The molecule has 0 radical (unpaired) electrons. The summed E-state index contributed by atoms with van der Waals surface area (Å²) in [6.45, 7) is 4.46. The van der Waals surface area contributed by atoms with Gasteiger partial charge >= 0.3 is 0 Å². The zero-order valence-corrected chi connectivity index (χ0v) is 11.1. The molecular formula is C15H16N2O2. The van der Waals surface area contributed by atoms with Crippen molar-refractivity contribution >= 4 is 0 Å². The van der Waals surface area contributed by atoms with Crippen LogP contribution >= 0.6 is 0 Å². The average molecular weight is 256 g/mol. The minimum Gasteiger partial charge on any atom is -0.493 e. The van der Waals surface area contributed by atoms with Crippen molar-refractivity contribution in [2.75, 3.05) is 6.61 Å². The Bertz CT molecular complexity index is 596. The van der Waals surface area contributed by atoms with Crippen molar-refractivity contribution in [1.29, 1.82) is 5.26 Å². The summed E-state index contributed by atoms with van der Waals surface area (Å²) >= 11 is 0. The second-order valence-electron chi connectivity index (χ2n) is 4.48. The van der Waals surface area contributed by atoms with Crippen molar-refractivity contribution in [1.82, 2.24) is 5.16 Å². The molecule has 0 aliphatic heterocycles. The first-order valence-electron chi connectivity index (χ1n) is 6.25. The number of rotatable bonds is 5. The highest BCUT2D eigenvalue weighted by atomic mass is 16.5. The Morgan fingerprint density at radius 1 is 1.32 bits per heavy atom. The largest absolute Gasteiger partial charge is 0.493 e. The van der Waals surface area contributed by atoms with Crippen molar-refractivity contribution in [2.45, 2.75) is 26.7 Å². The van der Waals surface area contributed by atoms with Crippen LogP contribution in [0.1, 0.15) is 29.0 Å². The standard InChI is InChI=1S/C15H16N2O2/c1-11-8-13(10-16)5-6-15(11)18-7-3-4-14-9-12(2)17-19-14/h5-6,8-9H,3-4,7H2,1-2H3. The zero-order valence-electron chi connectivity index (χ0n) is 11.1. The first-order valence-corrected chi connectivity index (χ1v) is 6.25. The Morgan fingerprint density at radius 3 is 2.79 bits per heavy atom. The second-order valence-corrected chi connectivity index (χ2v) is 4.48. The van der Waals surface area contributed by atoms with Crippen molar-refractivity contribution in [2.24, 2.45) is 0 Å². The molecule has 98 valence electrons. The molecule has 0 spiro atoms. The zero-order chi connectivity index (χ0) is 13.7. The molecule has 0 bridgehead atoms. The van der Waals surface area contributed by atoms with E-state index in [2.05, 4.69) is 11.2 Å². The third kappa shape index (κ3) is 3.59. The molecular weight excluding hydrogens is 240 g/mol. The number of hydrogen-bond acceptors (Lipinski definition) is 4. The highest BCUT2D eigenvalue weighted by Gasteiger charge is 2.03. The summed E-state index contributed by atoms with van der Waals surface area (Å²) in [6.07, 6.45) is 1.68. The van der Waals surface area contributed by atoms with Crippen molar-refractivity contribution in [3.63, 3.8) is 0 Å². The monoisotopic (exact) mass is 256 g/mol. The Morgan fingerprint density at radius 2 is 2.16 bits per heavy atom. The predicted octanol–water partition coefficient (Wildman–Crippen LogP) is 3.17. The summed E-state index contributed by atoms with van der Waals surface area (Å²) in [5.41, 5.74) is 2.54. The molecule has 2 aromatic rings. The molecule has 0 amide bonds. The molecule has 19 heavy (non-hydrogen) atoms. The maximum atomic E-state index is 8.79. The van der Waals surface area contributed by atoms with Crippen LogP contribution in [0.5, 0.6) is 5.75 Å². The number of benzene rings is 1. The normalized spacial score (nSPS) is 10.2. The fourth-order valence-corrected chi connectivity index (χ4v) is 1.84. The SMILES string of the molecule is Cc1cc(CCCOc2ccc(C#N)cc2C)on1. The Labute approximate surface area is 112 Å². The van der Waals surface area contributed by atoms with E-state index < -0.39 is 0 Å². The van der Waals surface area contributed by atoms with Crippen LogP contribution in [0.2, 0.25) is 0 Å². The summed E-state index contributed by atoms with van der Waals surface area (Å²) in [4.78, 5) is 0. The van der Waals surface area contributed by atoms with Crippen LogP contribution in [0.25, 0.3) is 0 Å². The maximum absolute atomic E-state index is 8.79. The molecule has 0 fully saturated rings. The van der Waals surface area contributed by atoms with Gasteiger partial charge in [-0.3, -0.25) is 0 Å². The highest BCUT2D eigenvalue weighted by Crippen LogP contribution is 2.19. The van der Waals surface area contributed by atoms with E-state index in [4.69, 9.17) is 14.5 Å². The smallest absolute Gasteiger partial charge is 0.137 e. The van der Waals surface area contributed by atoms with E-state index in [1.165, 1.54) is 0 Å². The van der Waals surface area contributed by atoms with E-state index in [1.54, 1.807) is 6.07 Å². The van der Waals surface area contributed by atoms with Crippen molar-refractivity contribution < 1.29 is 9.26 Å². The molecule has 1 aromatic heterocycles. The first-order chi connectivity index (χ1) is 9.19. The number of hydrogen-bond donors (Lipinski definition) is 0. The fraction of sp³-hybridized carbons (Fsp3) is 0.333. The molecule has 4 nitrogen and oxygen atoms in total. The van der Waals surface area contributed by atoms with Gasteiger partial charge in [0, 0.05) is 12.5 Å². The van der Waals surface area contributed by atoms with Crippen molar-refractivity contribution in [3.05, 3.63) is 46.8 Å². The van der Waals surface area contributed by atoms with E-state index in [9.17, 15) is 0 Å². The summed E-state index contributed by atoms with van der Waals surface area (Å²) in [5, 5.41) is 12.6. The van der Waals surface area contributed by atoms with Gasteiger partial charge in [0.2, 0.25) is 0 Å². The van der Waals surface area contributed by atoms with Gasteiger partial charge in [0.25, 0.3) is 0 Å². The molecule has 0 N–H and O–H groups in total. The fourth-order valence-electron chi connectivity index (χ4n) is 1.84. The molecule has 0 saturated carbocycles. The number of ether oxygens (including phenoxy) is 1. The summed E-state index contributed by atoms with van der Waals surface area (Å²) in [6, 6.07) is 9.48. The third-order valence-corrected chi connectivity index (χ3v) is 2.81. The van der Waals surface area contributed by atoms with Gasteiger partial charge in [-0.15, -0.1) is 0 Å². The summed E-state index contributed by atoms with van der Waals surface area (Å²) in [7, 11) is 0. The summed E-state index contributed by atoms with van der Waals surface area (Å²) < 4.78 is 10.8. The van der Waals surface area contributed by atoms with Crippen LogP contribution in [0.4, 0.5) is 0 Å². The number of nitriles is 1. The lowest BCUT2D eigenvalue weighted by molar-refractivity contribution is 0.298. The van der Waals surface area contributed by atoms with E-state index in [0.717, 1.165) is 35.6 Å². The highest BCUT2D eigenvalue weighted by molar-refractivity contribution is 5.41. The molecule has 4 heteroatoms. The number of aryl methyl sites for hydroxylation is 3. The van der Waals surface area contributed by atoms with Gasteiger partial charge in [0.05, 0.1) is 23.9 Å². The molecule has 0 aliphatic carbocycles. The van der Waals surface area contributed by atoms with Gasteiger partial charge < -0.3 is 9.26 Å². The molecule has 0 atom stereocenters. The van der Waals surface area contributed by atoms with Crippen molar-refractivity contribution in [3.8, 4) is 11.8 Å². The lowest BCUT2D eigenvalue weighted by Gasteiger charge is -2.08. The Kier molecular flexibility index (Phi) is 4.19. The van der Waals surface area contributed by atoms with Crippen LogP contribution in [0.15, 0.2) is 28.8 Å². The molecule has 1 heterocycles.